The third kappa shape index (κ3) is 4.27. The van der Waals surface area contributed by atoms with E-state index in [4.69, 9.17) is 4.74 Å². The number of rotatable bonds is 6. The summed E-state index contributed by atoms with van der Waals surface area (Å²) in [5, 5.41) is 4.63. The van der Waals surface area contributed by atoms with Crippen LogP contribution >= 0.6 is 22.7 Å². The molecule has 8 nitrogen and oxygen atoms in total. The monoisotopic (exact) mass is 443 g/mol. The quantitative estimate of drug-likeness (QED) is 0.688. The Labute approximate surface area is 171 Å². The molecule has 11 heteroatoms. The number of nitrogens with one attached hydrogen (secondary N) is 1. The van der Waals surface area contributed by atoms with Gasteiger partial charge >= 0.3 is 5.97 Å². The molecule has 0 radical (unpaired) electrons. The summed E-state index contributed by atoms with van der Waals surface area (Å²) in [5.41, 5.74) is 0.463. The molecule has 1 amide bonds. The Bertz CT molecular complexity index is 953. The van der Waals surface area contributed by atoms with E-state index in [0.29, 0.717) is 30.0 Å². The molecule has 1 aliphatic heterocycles. The van der Waals surface area contributed by atoms with Crippen molar-refractivity contribution in [3.63, 3.8) is 0 Å². The van der Waals surface area contributed by atoms with Crippen LogP contribution in [0.4, 0.5) is 5.13 Å². The van der Waals surface area contributed by atoms with Gasteiger partial charge in [0, 0.05) is 6.54 Å². The van der Waals surface area contributed by atoms with Crippen LogP contribution in [-0.4, -0.2) is 48.8 Å². The van der Waals surface area contributed by atoms with Crippen LogP contribution < -0.4 is 5.32 Å². The maximum Gasteiger partial charge on any atom is 0.350 e. The summed E-state index contributed by atoms with van der Waals surface area (Å²) in [6.07, 6.45) is 1.91. The van der Waals surface area contributed by atoms with Crippen LogP contribution in [0.5, 0.6) is 0 Å². The summed E-state index contributed by atoms with van der Waals surface area (Å²) in [4.78, 5) is 29.3. The van der Waals surface area contributed by atoms with Gasteiger partial charge in [-0.25, -0.2) is 18.2 Å². The normalized spacial score (nSPS) is 18.0. The molecule has 3 rings (SSSR count). The number of anilines is 1. The smallest absolute Gasteiger partial charge is 0.350 e. The van der Waals surface area contributed by atoms with E-state index in [1.165, 1.54) is 4.31 Å². The Morgan fingerprint density at radius 3 is 2.86 bits per heavy atom. The molecule has 0 aromatic carbocycles. The highest BCUT2D eigenvalue weighted by atomic mass is 32.2. The number of carbonyl (C=O) groups excluding carboxylic acids is 2. The highest BCUT2D eigenvalue weighted by Gasteiger charge is 2.38. The second-order valence-corrected chi connectivity index (χ2v) is 10.3. The lowest BCUT2D eigenvalue weighted by molar-refractivity contribution is -0.120. The van der Waals surface area contributed by atoms with Crippen molar-refractivity contribution in [2.24, 2.45) is 0 Å². The standard InChI is InChI=1S/C17H21N3O5S3/c1-3-25-16(22)14-11(2)18-17(27-14)19-15(21)12-7-4-5-9-20(12)28(23,24)13-8-6-10-26-13/h6,8,10,12H,3-5,7,9H2,1-2H3,(H,18,19,21)/t12-/m0/s1. The van der Waals surface area contributed by atoms with Crippen molar-refractivity contribution >= 4 is 49.7 Å². The van der Waals surface area contributed by atoms with Crippen molar-refractivity contribution in [2.45, 2.75) is 43.4 Å². The number of piperidine rings is 1. The van der Waals surface area contributed by atoms with E-state index >= 15 is 0 Å². The molecule has 0 aliphatic carbocycles. The highest BCUT2D eigenvalue weighted by molar-refractivity contribution is 7.91. The summed E-state index contributed by atoms with van der Waals surface area (Å²) < 4.78 is 32.3. The van der Waals surface area contributed by atoms with Gasteiger partial charge in [-0.15, -0.1) is 11.3 Å². The fourth-order valence-corrected chi connectivity index (χ4v) is 6.64. The van der Waals surface area contributed by atoms with Gasteiger partial charge in [-0.1, -0.05) is 23.8 Å². The molecule has 0 spiro atoms. The van der Waals surface area contributed by atoms with Gasteiger partial charge in [0.25, 0.3) is 10.0 Å². The summed E-state index contributed by atoms with van der Waals surface area (Å²) in [6.45, 7) is 3.91. The first-order valence-corrected chi connectivity index (χ1v) is 12.0. The summed E-state index contributed by atoms with van der Waals surface area (Å²) in [6, 6.07) is 2.40. The number of sulfonamides is 1. The number of ether oxygens (including phenoxy) is 1. The van der Waals surface area contributed by atoms with Crippen LogP contribution in [-0.2, 0) is 19.6 Å². The molecular weight excluding hydrogens is 422 g/mol. The lowest BCUT2D eigenvalue weighted by Crippen LogP contribution is -2.49. The molecular formula is C17H21N3O5S3. The van der Waals surface area contributed by atoms with Crippen LogP contribution in [0.3, 0.4) is 0 Å². The van der Waals surface area contributed by atoms with Gasteiger partial charge in [-0.2, -0.15) is 4.31 Å². The topological polar surface area (TPSA) is 106 Å². The third-order valence-electron chi connectivity index (χ3n) is 4.30. The van der Waals surface area contributed by atoms with E-state index in [0.717, 1.165) is 29.1 Å². The SMILES string of the molecule is CCOC(=O)c1sc(NC(=O)[C@@H]2CCCCN2S(=O)(=O)c2cccs2)nc1C. The Morgan fingerprint density at radius 1 is 1.39 bits per heavy atom. The molecule has 0 bridgehead atoms. The Morgan fingerprint density at radius 2 is 2.18 bits per heavy atom. The van der Waals surface area contributed by atoms with Crippen LogP contribution in [0.1, 0.15) is 41.6 Å². The van der Waals surface area contributed by atoms with Crippen LogP contribution in [0.15, 0.2) is 21.7 Å². The van der Waals surface area contributed by atoms with Crippen molar-refractivity contribution in [1.82, 2.24) is 9.29 Å². The number of thiazole rings is 1. The van der Waals surface area contributed by atoms with Crippen molar-refractivity contribution in [1.29, 1.82) is 0 Å². The van der Waals surface area contributed by atoms with E-state index in [9.17, 15) is 18.0 Å². The molecule has 1 N–H and O–H groups in total. The van der Waals surface area contributed by atoms with Crippen LogP contribution in [0.25, 0.3) is 0 Å². The average Bonchev–Trinajstić information content (AvgIpc) is 3.32. The highest BCUT2D eigenvalue weighted by Crippen LogP contribution is 2.29. The van der Waals surface area contributed by atoms with Gasteiger partial charge in [0.05, 0.1) is 12.3 Å². The summed E-state index contributed by atoms with van der Waals surface area (Å²) in [7, 11) is -3.73. The van der Waals surface area contributed by atoms with E-state index in [1.807, 2.05) is 0 Å². The summed E-state index contributed by atoms with van der Waals surface area (Å²) in [5.74, 6) is -0.929. The molecule has 1 atom stereocenters. The Hall–Kier alpha value is -1.82. The van der Waals surface area contributed by atoms with E-state index in [-0.39, 0.29) is 15.9 Å². The van der Waals surface area contributed by atoms with Gasteiger partial charge in [-0.05, 0) is 38.1 Å². The molecule has 3 heterocycles. The van der Waals surface area contributed by atoms with Crippen LogP contribution in [0, 0.1) is 6.92 Å². The molecule has 28 heavy (non-hydrogen) atoms. The van der Waals surface area contributed by atoms with Crippen molar-refractivity contribution in [3.05, 3.63) is 28.1 Å². The predicted octanol–water partition coefficient (Wildman–Crippen LogP) is 2.87. The number of amides is 1. The van der Waals surface area contributed by atoms with Gasteiger partial charge in [0.2, 0.25) is 5.91 Å². The van der Waals surface area contributed by atoms with Crippen molar-refractivity contribution in [2.75, 3.05) is 18.5 Å². The predicted molar refractivity (Wildman–Crippen MR) is 107 cm³/mol. The fraction of sp³-hybridized carbons (Fsp3) is 0.471. The number of carbonyl (C=O) groups is 2. The van der Waals surface area contributed by atoms with Gasteiger partial charge in [-0.3, -0.25) is 4.79 Å². The number of hydrogen-bond donors (Lipinski definition) is 1. The number of esters is 1. The first-order valence-electron chi connectivity index (χ1n) is 8.85. The number of thiophene rings is 1. The summed E-state index contributed by atoms with van der Waals surface area (Å²) >= 11 is 2.15. The maximum absolute atomic E-state index is 12.9. The lowest BCUT2D eigenvalue weighted by Gasteiger charge is -2.32. The second kappa shape index (κ2) is 8.68. The molecule has 0 saturated carbocycles. The second-order valence-electron chi connectivity index (χ2n) is 6.20. The zero-order valence-electron chi connectivity index (χ0n) is 15.5. The first kappa shape index (κ1) is 20.9. The average molecular weight is 444 g/mol. The number of hydrogen-bond acceptors (Lipinski definition) is 8. The van der Waals surface area contributed by atoms with E-state index in [2.05, 4.69) is 10.3 Å². The van der Waals surface area contributed by atoms with Crippen molar-refractivity contribution in [3.8, 4) is 0 Å². The Balaban J connectivity index is 1.79. The minimum absolute atomic E-state index is 0.224. The minimum atomic E-state index is -3.73. The van der Waals surface area contributed by atoms with E-state index in [1.54, 1.807) is 31.4 Å². The minimum Gasteiger partial charge on any atom is -0.462 e. The number of nitrogens with zero attached hydrogens (tertiary/aromatic N) is 2. The molecule has 1 saturated heterocycles. The van der Waals surface area contributed by atoms with Gasteiger partial charge in [0.15, 0.2) is 5.13 Å². The van der Waals surface area contributed by atoms with E-state index < -0.39 is 27.9 Å². The Kier molecular flexibility index (Phi) is 6.48. The first-order chi connectivity index (χ1) is 13.3. The molecule has 2 aromatic heterocycles. The third-order valence-corrected chi connectivity index (χ3v) is 8.64. The maximum atomic E-state index is 12.9. The fourth-order valence-electron chi connectivity index (χ4n) is 3.01. The molecule has 1 aliphatic rings. The largest absolute Gasteiger partial charge is 0.462 e. The van der Waals surface area contributed by atoms with Crippen molar-refractivity contribution < 1.29 is 22.7 Å². The molecule has 2 aromatic rings. The molecule has 152 valence electrons. The van der Waals surface area contributed by atoms with Crippen LogP contribution in [0.2, 0.25) is 0 Å². The molecule has 1 fully saturated rings. The lowest BCUT2D eigenvalue weighted by atomic mass is 10.0. The zero-order valence-corrected chi connectivity index (χ0v) is 18.0. The number of aromatic nitrogens is 1. The van der Waals surface area contributed by atoms with Gasteiger partial charge < -0.3 is 10.1 Å². The zero-order chi connectivity index (χ0) is 20.3. The molecule has 0 unspecified atom stereocenters. The number of aryl methyl sites for hydroxylation is 1. The van der Waals surface area contributed by atoms with Gasteiger partial charge in [0.1, 0.15) is 15.1 Å².